The lowest BCUT2D eigenvalue weighted by atomic mass is 9.91. The Morgan fingerprint density at radius 1 is 1.16 bits per heavy atom. The Morgan fingerprint density at radius 3 is 2.81 bits per heavy atom. The quantitative estimate of drug-likeness (QED) is 0.605. The molecule has 6 heteroatoms. The van der Waals surface area contributed by atoms with E-state index in [0.717, 1.165) is 40.1 Å². The topological polar surface area (TPSA) is 53.9 Å². The van der Waals surface area contributed by atoms with E-state index in [1.165, 1.54) is 0 Å². The molecule has 1 amide bonds. The van der Waals surface area contributed by atoms with Crippen molar-refractivity contribution in [3.05, 3.63) is 94.0 Å². The zero-order valence-electron chi connectivity index (χ0n) is 16.9. The number of anilines is 1. The van der Waals surface area contributed by atoms with Gasteiger partial charge in [0.05, 0.1) is 23.0 Å². The summed E-state index contributed by atoms with van der Waals surface area (Å²) in [6.45, 7) is 2.10. The van der Waals surface area contributed by atoms with E-state index in [2.05, 4.69) is 18.3 Å². The number of ether oxygens (including phenoxy) is 1. The van der Waals surface area contributed by atoms with Crippen molar-refractivity contribution in [2.75, 3.05) is 5.32 Å². The standard InChI is InChI=1S/C25H20ClN3O2/c1-2-15-8-10-20-19(12-15)25(24(30)27-20)29-22(18-13-17(26)9-11-23(18)31-25)14-21(28-29)16-6-4-3-5-7-16/h3-13,22H,2,14H2,1H3,(H,27,30)/t22-,25+/m0/s1. The van der Waals surface area contributed by atoms with Crippen LogP contribution in [0.2, 0.25) is 5.02 Å². The third-order valence-corrected chi connectivity index (χ3v) is 6.58. The summed E-state index contributed by atoms with van der Waals surface area (Å²) >= 11 is 6.33. The maximum Gasteiger partial charge on any atom is 0.306 e. The zero-order valence-corrected chi connectivity index (χ0v) is 17.7. The summed E-state index contributed by atoms with van der Waals surface area (Å²) in [6.07, 6.45) is 1.53. The van der Waals surface area contributed by atoms with Gasteiger partial charge in [-0.3, -0.25) is 4.79 Å². The van der Waals surface area contributed by atoms with Crippen LogP contribution in [0, 0.1) is 0 Å². The number of aryl methyl sites for hydroxylation is 1. The molecule has 6 rings (SSSR count). The molecule has 0 radical (unpaired) electrons. The number of nitrogens with zero attached hydrogens (tertiary/aromatic N) is 2. The molecular weight excluding hydrogens is 410 g/mol. The van der Waals surface area contributed by atoms with Gasteiger partial charge in [0.1, 0.15) is 5.75 Å². The number of hydrogen-bond donors (Lipinski definition) is 1. The van der Waals surface area contributed by atoms with Crippen LogP contribution < -0.4 is 10.1 Å². The van der Waals surface area contributed by atoms with E-state index >= 15 is 0 Å². The monoisotopic (exact) mass is 429 g/mol. The van der Waals surface area contributed by atoms with Gasteiger partial charge in [-0.05, 0) is 47.9 Å². The minimum absolute atomic E-state index is 0.153. The van der Waals surface area contributed by atoms with Crippen LogP contribution in [0.3, 0.4) is 0 Å². The summed E-state index contributed by atoms with van der Waals surface area (Å²) in [6, 6.07) is 21.5. The average molecular weight is 430 g/mol. The zero-order chi connectivity index (χ0) is 21.2. The van der Waals surface area contributed by atoms with Crippen molar-refractivity contribution in [3.63, 3.8) is 0 Å². The molecule has 3 aromatic rings. The van der Waals surface area contributed by atoms with Crippen molar-refractivity contribution in [1.29, 1.82) is 0 Å². The van der Waals surface area contributed by atoms with Crippen molar-refractivity contribution in [2.24, 2.45) is 5.10 Å². The maximum atomic E-state index is 13.5. The number of nitrogens with one attached hydrogen (secondary N) is 1. The maximum absolute atomic E-state index is 13.5. The molecule has 0 aromatic heterocycles. The molecule has 0 aliphatic carbocycles. The summed E-state index contributed by atoms with van der Waals surface area (Å²) in [5, 5.41) is 10.5. The second-order valence-corrected chi connectivity index (χ2v) is 8.53. The van der Waals surface area contributed by atoms with E-state index in [4.69, 9.17) is 21.4 Å². The van der Waals surface area contributed by atoms with Crippen molar-refractivity contribution in [2.45, 2.75) is 31.5 Å². The van der Waals surface area contributed by atoms with Gasteiger partial charge in [0.15, 0.2) is 0 Å². The molecule has 3 heterocycles. The highest BCUT2D eigenvalue weighted by Gasteiger charge is 2.61. The highest BCUT2D eigenvalue weighted by atomic mass is 35.5. The predicted molar refractivity (Wildman–Crippen MR) is 120 cm³/mol. The van der Waals surface area contributed by atoms with Crippen LogP contribution in [-0.4, -0.2) is 16.6 Å². The van der Waals surface area contributed by atoms with Crippen LogP contribution in [0.4, 0.5) is 5.69 Å². The molecule has 0 fully saturated rings. The first-order chi connectivity index (χ1) is 15.1. The van der Waals surface area contributed by atoms with E-state index in [-0.39, 0.29) is 11.9 Å². The number of carbonyl (C=O) groups is 1. The van der Waals surface area contributed by atoms with Crippen LogP contribution in [0.25, 0.3) is 0 Å². The summed E-state index contributed by atoms with van der Waals surface area (Å²) < 4.78 is 6.52. The summed E-state index contributed by atoms with van der Waals surface area (Å²) in [7, 11) is 0. The largest absolute Gasteiger partial charge is 0.453 e. The fourth-order valence-electron chi connectivity index (χ4n) is 4.79. The van der Waals surface area contributed by atoms with Gasteiger partial charge in [0.2, 0.25) is 0 Å². The lowest BCUT2D eigenvalue weighted by Crippen LogP contribution is -2.55. The van der Waals surface area contributed by atoms with Gasteiger partial charge in [-0.15, -0.1) is 0 Å². The normalized spacial score (nSPS) is 23.0. The third kappa shape index (κ3) is 2.56. The Hall–Kier alpha value is -3.31. The van der Waals surface area contributed by atoms with Gasteiger partial charge < -0.3 is 10.1 Å². The molecule has 0 saturated heterocycles. The third-order valence-electron chi connectivity index (χ3n) is 6.34. The first-order valence-electron chi connectivity index (χ1n) is 10.5. The molecule has 1 spiro atoms. The highest BCUT2D eigenvalue weighted by molar-refractivity contribution is 6.30. The fourth-order valence-corrected chi connectivity index (χ4v) is 4.97. The molecular formula is C25H20ClN3O2. The molecule has 0 bridgehead atoms. The highest BCUT2D eigenvalue weighted by Crippen LogP contribution is 2.54. The Balaban J connectivity index is 1.59. The van der Waals surface area contributed by atoms with Gasteiger partial charge in [-0.25, -0.2) is 5.01 Å². The van der Waals surface area contributed by atoms with Crippen LogP contribution in [0.5, 0.6) is 5.75 Å². The van der Waals surface area contributed by atoms with E-state index in [9.17, 15) is 4.79 Å². The van der Waals surface area contributed by atoms with Crippen molar-refractivity contribution < 1.29 is 9.53 Å². The van der Waals surface area contributed by atoms with E-state index in [0.29, 0.717) is 17.2 Å². The van der Waals surface area contributed by atoms with E-state index < -0.39 is 5.72 Å². The van der Waals surface area contributed by atoms with E-state index in [1.54, 1.807) is 6.07 Å². The van der Waals surface area contributed by atoms with Gasteiger partial charge in [0, 0.05) is 17.0 Å². The second kappa shape index (κ2) is 6.59. The number of halogens is 1. The molecule has 0 saturated carbocycles. The molecule has 3 aliphatic rings. The molecule has 3 aromatic carbocycles. The summed E-state index contributed by atoms with van der Waals surface area (Å²) in [5.74, 6) is 0.444. The van der Waals surface area contributed by atoms with Crippen LogP contribution in [0.1, 0.15) is 41.6 Å². The Bertz CT molecular complexity index is 1260. The molecule has 31 heavy (non-hydrogen) atoms. The smallest absolute Gasteiger partial charge is 0.306 e. The molecule has 3 aliphatic heterocycles. The number of fused-ring (bicyclic) bond motifs is 6. The first-order valence-corrected chi connectivity index (χ1v) is 10.8. The van der Waals surface area contributed by atoms with Gasteiger partial charge in [-0.2, -0.15) is 5.10 Å². The van der Waals surface area contributed by atoms with Crippen molar-refractivity contribution in [1.82, 2.24) is 5.01 Å². The van der Waals surface area contributed by atoms with Crippen molar-refractivity contribution in [3.8, 4) is 5.75 Å². The fraction of sp³-hybridized carbons (Fsp3) is 0.200. The average Bonchev–Trinajstić information content (AvgIpc) is 3.36. The SMILES string of the molecule is CCc1ccc2c(c1)[C@@]1(Oc3ccc(Cl)cc3[C@@H]3CC(c4ccccc4)=NN31)C(=O)N2. The minimum atomic E-state index is -1.34. The summed E-state index contributed by atoms with van der Waals surface area (Å²) in [5.41, 5.74) is 4.28. The molecule has 0 unspecified atom stereocenters. The molecule has 154 valence electrons. The number of rotatable bonds is 2. The molecule has 1 N–H and O–H groups in total. The van der Waals surface area contributed by atoms with Gasteiger partial charge >= 0.3 is 5.72 Å². The Kier molecular flexibility index (Phi) is 3.93. The lowest BCUT2D eigenvalue weighted by Gasteiger charge is -2.44. The minimum Gasteiger partial charge on any atom is -0.453 e. The second-order valence-electron chi connectivity index (χ2n) is 8.09. The van der Waals surface area contributed by atoms with Crippen LogP contribution >= 0.6 is 11.6 Å². The Labute approximate surface area is 185 Å². The lowest BCUT2D eigenvalue weighted by molar-refractivity contribution is -0.161. The van der Waals surface area contributed by atoms with Crippen LogP contribution in [0.15, 0.2) is 71.8 Å². The van der Waals surface area contributed by atoms with Crippen molar-refractivity contribution >= 4 is 28.9 Å². The number of hydrogen-bond acceptors (Lipinski definition) is 4. The molecule has 5 nitrogen and oxygen atoms in total. The molecule has 2 atom stereocenters. The predicted octanol–water partition coefficient (Wildman–Crippen LogP) is 5.25. The number of amides is 1. The summed E-state index contributed by atoms with van der Waals surface area (Å²) in [4.78, 5) is 13.5. The number of hydrazone groups is 1. The van der Waals surface area contributed by atoms with Gasteiger partial charge in [0.25, 0.3) is 5.91 Å². The van der Waals surface area contributed by atoms with Crippen LogP contribution in [-0.2, 0) is 16.9 Å². The first kappa shape index (κ1) is 18.5. The Morgan fingerprint density at radius 2 is 2.00 bits per heavy atom. The number of carbonyl (C=O) groups excluding carboxylic acids is 1. The van der Waals surface area contributed by atoms with Gasteiger partial charge in [-0.1, -0.05) is 54.9 Å². The number of benzene rings is 3. The van der Waals surface area contributed by atoms with E-state index in [1.807, 2.05) is 59.6 Å².